The van der Waals surface area contributed by atoms with E-state index in [9.17, 15) is 19.6 Å². The quantitative estimate of drug-likeness (QED) is 0.528. The number of hydrogen-bond acceptors (Lipinski definition) is 8. The zero-order valence-corrected chi connectivity index (χ0v) is 16.1. The highest BCUT2D eigenvalue weighted by Gasteiger charge is 2.50. The first-order valence-electron chi connectivity index (χ1n) is 9.20. The van der Waals surface area contributed by atoms with Crippen LogP contribution in [0.1, 0.15) is 27.6 Å². The van der Waals surface area contributed by atoms with Crippen LogP contribution < -0.4 is 0 Å². The number of carbonyl (C=O) groups is 3. The van der Waals surface area contributed by atoms with Gasteiger partial charge in [0.05, 0.1) is 17.2 Å². The molecule has 0 aliphatic carbocycles. The lowest BCUT2D eigenvalue weighted by Gasteiger charge is -2.23. The molecule has 2 aromatic carbocycles. The van der Waals surface area contributed by atoms with Crippen molar-refractivity contribution >= 4 is 17.9 Å². The minimum absolute atomic E-state index is 0.277. The molecule has 1 fully saturated rings. The molecule has 0 aromatic heterocycles. The van der Waals surface area contributed by atoms with E-state index in [0.29, 0.717) is 5.56 Å². The lowest BCUT2D eigenvalue weighted by molar-refractivity contribution is -0.151. The molecule has 0 radical (unpaired) electrons. The fourth-order valence-corrected chi connectivity index (χ4v) is 3.01. The Labute approximate surface area is 172 Å². The third kappa shape index (κ3) is 5.01. The van der Waals surface area contributed by atoms with Crippen molar-refractivity contribution in [3.63, 3.8) is 0 Å². The Balaban J connectivity index is 1.76. The molecule has 1 heterocycles. The van der Waals surface area contributed by atoms with E-state index in [1.165, 1.54) is 6.92 Å². The number of nitriles is 1. The first kappa shape index (κ1) is 21.0. The van der Waals surface area contributed by atoms with E-state index in [2.05, 4.69) is 0 Å². The molecule has 1 aliphatic heterocycles. The van der Waals surface area contributed by atoms with Crippen LogP contribution in [0, 0.1) is 11.3 Å². The SMILES string of the molecule is CC(=O)O[C@@H]1[C@@H](OC(=O)c2ccccc2)[C@@H](COC(=O)c2ccccc2)O[C@H]1C#N. The van der Waals surface area contributed by atoms with Gasteiger partial charge in [0, 0.05) is 6.92 Å². The van der Waals surface area contributed by atoms with E-state index in [4.69, 9.17) is 18.9 Å². The second kappa shape index (κ2) is 9.67. The van der Waals surface area contributed by atoms with Gasteiger partial charge in [-0.3, -0.25) is 4.79 Å². The Morgan fingerprint density at radius 1 is 0.900 bits per heavy atom. The van der Waals surface area contributed by atoms with Crippen LogP contribution in [0.25, 0.3) is 0 Å². The Morgan fingerprint density at radius 3 is 2.00 bits per heavy atom. The molecule has 0 N–H and O–H groups in total. The predicted octanol–water partition coefficient (Wildman–Crippen LogP) is 2.29. The lowest BCUT2D eigenvalue weighted by atomic mass is 10.1. The molecule has 8 heteroatoms. The summed E-state index contributed by atoms with van der Waals surface area (Å²) in [4.78, 5) is 36.3. The molecule has 0 saturated carbocycles. The van der Waals surface area contributed by atoms with Crippen LogP contribution in [-0.4, -0.2) is 48.9 Å². The van der Waals surface area contributed by atoms with E-state index in [-0.39, 0.29) is 12.2 Å². The van der Waals surface area contributed by atoms with Gasteiger partial charge in [-0.25, -0.2) is 9.59 Å². The van der Waals surface area contributed by atoms with Crippen molar-refractivity contribution in [2.45, 2.75) is 31.3 Å². The van der Waals surface area contributed by atoms with Crippen LogP contribution in [0.5, 0.6) is 0 Å². The Bertz CT molecular complexity index is 939. The van der Waals surface area contributed by atoms with Crippen LogP contribution >= 0.6 is 0 Å². The van der Waals surface area contributed by atoms with Crippen LogP contribution in [0.3, 0.4) is 0 Å². The summed E-state index contributed by atoms with van der Waals surface area (Å²) < 4.78 is 21.5. The molecule has 30 heavy (non-hydrogen) atoms. The molecular weight excluding hydrogens is 390 g/mol. The molecule has 1 saturated heterocycles. The summed E-state index contributed by atoms with van der Waals surface area (Å²) in [5.74, 6) is -1.94. The number of hydrogen-bond donors (Lipinski definition) is 0. The maximum absolute atomic E-state index is 12.5. The minimum Gasteiger partial charge on any atom is -0.459 e. The average molecular weight is 409 g/mol. The van der Waals surface area contributed by atoms with E-state index in [1.54, 1.807) is 60.7 Å². The van der Waals surface area contributed by atoms with Crippen molar-refractivity contribution in [1.29, 1.82) is 5.26 Å². The van der Waals surface area contributed by atoms with Gasteiger partial charge in [0.1, 0.15) is 12.7 Å². The molecule has 0 bridgehead atoms. The number of nitrogens with zero attached hydrogens (tertiary/aromatic N) is 1. The number of benzene rings is 2. The molecular formula is C22H19NO7. The van der Waals surface area contributed by atoms with Gasteiger partial charge in [-0.1, -0.05) is 36.4 Å². The van der Waals surface area contributed by atoms with Crippen molar-refractivity contribution in [2.24, 2.45) is 0 Å². The first-order valence-corrected chi connectivity index (χ1v) is 9.20. The Kier molecular flexibility index (Phi) is 6.78. The summed E-state index contributed by atoms with van der Waals surface area (Å²) in [5.41, 5.74) is 0.612. The van der Waals surface area contributed by atoms with E-state index < -0.39 is 42.3 Å². The molecule has 0 unspecified atom stereocenters. The van der Waals surface area contributed by atoms with Crippen molar-refractivity contribution < 1.29 is 33.3 Å². The molecule has 4 atom stereocenters. The van der Waals surface area contributed by atoms with Crippen molar-refractivity contribution in [2.75, 3.05) is 6.61 Å². The van der Waals surface area contributed by atoms with Crippen LogP contribution in [0.2, 0.25) is 0 Å². The fraction of sp³-hybridized carbons (Fsp3) is 0.273. The summed E-state index contributed by atoms with van der Waals surface area (Å²) in [7, 11) is 0. The molecule has 8 nitrogen and oxygen atoms in total. The van der Waals surface area contributed by atoms with E-state index >= 15 is 0 Å². The van der Waals surface area contributed by atoms with Gasteiger partial charge in [0.25, 0.3) is 0 Å². The number of rotatable bonds is 6. The van der Waals surface area contributed by atoms with Crippen molar-refractivity contribution in [1.82, 2.24) is 0 Å². The van der Waals surface area contributed by atoms with E-state index in [1.807, 2.05) is 6.07 Å². The fourth-order valence-electron chi connectivity index (χ4n) is 3.01. The van der Waals surface area contributed by atoms with Gasteiger partial charge in [-0.05, 0) is 24.3 Å². The Morgan fingerprint density at radius 2 is 1.47 bits per heavy atom. The second-order valence-electron chi connectivity index (χ2n) is 6.50. The molecule has 0 amide bonds. The maximum Gasteiger partial charge on any atom is 0.338 e. The monoisotopic (exact) mass is 409 g/mol. The van der Waals surface area contributed by atoms with E-state index in [0.717, 1.165) is 0 Å². The summed E-state index contributed by atoms with van der Waals surface area (Å²) in [5, 5.41) is 9.38. The third-order valence-corrected chi connectivity index (χ3v) is 4.38. The summed E-state index contributed by atoms with van der Waals surface area (Å²) >= 11 is 0. The molecule has 0 spiro atoms. The van der Waals surface area contributed by atoms with Gasteiger partial charge in [0.2, 0.25) is 0 Å². The molecule has 154 valence electrons. The van der Waals surface area contributed by atoms with Crippen LogP contribution in [-0.2, 0) is 23.7 Å². The highest BCUT2D eigenvalue weighted by atomic mass is 16.6. The standard InChI is InChI=1S/C22H19NO7/c1-14(24)28-19-17(12-23)29-18(13-27-21(25)15-8-4-2-5-9-15)20(19)30-22(26)16-10-6-3-7-11-16/h2-11,17-20H,13H2,1H3/t17-,18+,19-,20-/m0/s1. The highest BCUT2D eigenvalue weighted by molar-refractivity contribution is 5.90. The van der Waals surface area contributed by atoms with Crippen LogP contribution in [0.15, 0.2) is 60.7 Å². The lowest BCUT2D eigenvalue weighted by Crippen LogP contribution is -2.41. The van der Waals surface area contributed by atoms with Gasteiger partial charge >= 0.3 is 17.9 Å². The maximum atomic E-state index is 12.5. The molecule has 2 aromatic rings. The van der Waals surface area contributed by atoms with Gasteiger partial charge in [-0.2, -0.15) is 5.26 Å². The largest absolute Gasteiger partial charge is 0.459 e. The molecule has 1 aliphatic rings. The molecule has 3 rings (SSSR count). The van der Waals surface area contributed by atoms with Crippen molar-refractivity contribution in [3.8, 4) is 6.07 Å². The normalized spacial score (nSPS) is 22.5. The third-order valence-electron chi connectivity index (χ3n) is 4.38. The van der Waals surface area contributed by atoms with Gasteiger partial charge < -0.3 is 18.9 Å². The topological polar surface area (TPSA) is 112 Å². The summed E-state index contributed by atoms with van der Waals surface area (Å²) in [6.07, 6.45) is -4.45. The zero-order valence-electron chi connectivity index (χ0n) is 16.1. The number of carbonyl (C=O) groups excluding carboxylic acids is 3. The second-order valence-corrected chi connectivity index (χ2v) is 6.50. The summed E-state index contributed by atoms with van der Waals surface area (Å²) in [6.45, 7) is 0.879. The predicted molar refractivity (Wildman–Crippen MR) is 102 cm³/mol. The van der Waals surface area contributed by atoms with Crippen LogP contribution in [0.4, 0.5) is 0 Å². The number of ether oxygens (including phenoxy) is 4. The zero-order chi connectivity index (χ0) is 21.5. The average Bonchev–Trinajstić information content (AvgIpc) is 3.08. The first-order chi connectivity index (χ1) is 14.5. The Hall–Kier alpha value is -3.70. The van der Waals surface area contributed by atoms with Crippen molar-refractivity contribution in [3.05, 3.63) is 71.8 Å². The highest BCUT2D eigenvalue weighted by Crippen LogP contribution is 2.28. The number of esters is 3. The minimum atomic E-state index is -1.18. The van der Waals surface area contributed by atoms with Gasteiger partial charge in [-0.15, -0.1) is 0 Å². The smallest absolute Gasteiger partial charge is 0.338 e. The van der Waals surface area contributed by atoms with Gasteiger partial charge in [0.15, 0.2) is 18.3 Å². The summed E-state index contributed by atoms with van der Waals surface area (Å²) in [6, 6.07) is 18.4.